The predicted octanol–water partition coefficient (Wildman–Crippen LogP) is 2.16. The number of carbonyl (C=O) groups excluding carboxylic acids is 1. The molecule has 3 aromatic rings. The third-order valence-electron chi connectivity index (χ3n) is 5.64. The second kappa shape index (κ2) is 9.75. The van der Waals surface area contributed by atoms with E-state index in [2.05, 4.69) is 41.4 Å². The molecule has 0 radical (unpaired) electrons. The lowest BCUT2D eigenvalue weighted by atomic mass is 10.0. The average Bonchev–Trinajstić information content (AvgIpc) is 2.77. The number of carbonyl (C=O) groups is 1. The second-order valence-corrected chi connectivity index (χ2v) is 7.81. The van der Waals surface area contributed by atoms with Crippen molar-refractivity contribution in [3.63, 3.8) is 0 Å². The number of nitrogens with one attached hydrogen (secondary N) is 1. The van der Waals surface area contributed by atoms with E-state index in [-0.39, 0.29) is 30.6 Å². The van der Waals surface area contributed by atoms with E-state index < -0.39 is 5.69 Å². The molecule has 7 heteroatoms. The Morgan fingerprint density at radius 1 is 1.00 bits per heavy atom. The zero-order chi connectivity index (χ0) is 22.5. The molecule has 164 valence electrons. The molecule has 0 saturated heterocycles. The monoisotopic (exact) mass is 422 g/mol. The van der Waals surface area contributed by atoms with Crippen LogP contribution in [0.2, 0.25) is 0 Å². The molecule has 0 saturated carbocycles. The highest BCUT2D eigenvalue weighted by Gasteiger charge is 2.18. The molecule has 1 amide bonds. The van der Waals surface area contributed by atoms with Gasteiger partial charge in [0, 0.05) is 13.1 Å². The van der Waals surface area contributed by atoms with E-state index in [1.54, 1.807) is 31.2 Å². The third-order valence-corrected chi connectivity index (χ3v) is 5.64. The summed E-state index contributed by atoms with van der Waals surface area (Å²) in [6.45, 7) is 4.38. The Balaban J connectivity index is 1.82. The van der Waals surface area contributed by atoms with Crippen LogP contribution in [0.15, 0.2) is 58.1 Å². The lowest BCUT2D eigenvalue weighted by Crippen LogP contribution is -2.43. The molecule has 2 aromatic carbocycles. The number of para-hydroxylation sites is 1. The van der Waals surface area contributed by atoms with E-state index in [4.69, 9.17) is 0 Å². The summed E-state index contributed by atoms with van der Waals surface area (Å²) in [5.41, 5.74) is 2.05. The van der Waals surface area contributed by atoms with Crippen molar-refractivity contribution in [2.45, 2.75) is 39.4 Å². The zero-order valence-electron chi connectivity index (χ0n) is 18.6. The van der Waals surface area contributed by atoms with Crippen LogP contribution in [0.25, 0.3) is 10.9 Å². The summed E-state index contributed by atoms with van der Waals surface area (Å²) in [6, 6.07) is 15.3. The van der Waals surface area contributed by atoms with Crippen LogP contribution in [0.1, 0.15) is 31.0 Å². The number of rotatable bonds is 8. The normalized spacial score (nSPS) is 12.3. The van der Waals surface area contributed by atoms with Gasteiger partial charge >= 0.3 is 5.69 Å². The Labute approximate surface area is 181 Å². The lowest BCUT2D eigenvalue weighted by Gasteiger charge is -2.25. The van der Waals surface area contributed by atoms with Gasteiger partial charge in [0.2, 0.25) is 5.91 Å². The molecule has 1 atom stereocenters. The average molecular weight is 423 g/mol. The maximum atomic E-state index is 12.8. The molecule has 1 N–H and O–H groups in total. The van der Waals surface area contributed by atoms with Gasteiger partial charge in [-0.3, -0.25) is 18.7 Å². The van der Waals surface area contributed by atoms with E-state index in [1.807, 2.05) is 14.1 Å². The van der Waals surface area contributed by atoms with Crippen LogP contribution in [-0.4, -0.2) is 40.6 Å². The Hall–Kier alpha value is -3.19. The van der Waals surface area contributed by atoms with E-state index in [1.165, 1.54) is 10.1 Å². The smallest absolute Gasteiger partial charge is 0.331 e. The van der Waals surface area contributed by atoms with Crippen molar-refractivity contribution in [2.24, 2.45) is 0 Å². The SMILES string of the molecule is CCc1ccc(C(CNC(=O)Cn2c(=O)n(CC)c(=O)c3ccccc32)N(C)C)cc1. The van der Waals surface area contributed by atoms with Crippen LogP contribution in [-0.2, 0) is 24.3 Å². The molecule has 0 bridgehead atoms. The van der Waals surface area contributed by atoms with E-state index in [9.17, 15) is 14.4 Å². The predicted molar refractivity (Wildman–Crippen MR) is 123 cm³/mol. The highest BCUT2D eigenvalue weighted by Crippen LogP contribution is 2.18. The minimum absolute atomic E-state index is 0.00733. The van der Waals surface area contributed by atoms with Gasteiger partial charge in [0.25, 0.3) is 5.56 Å². The van der Waals surface area contributed by atoms with Crippen molar-refractivity contribution >= 4 is 16.8 Å². The summed E-state index contributed by atoms with van der Waals surface area (Å²) >= 11 is 0. The molecular formula is C24H30N4O3. The maximum absolute atomic E-state index is 12.8. The minimum atomic E-state index is -0.472. The van der Waals surface area contributed by atoms with Gasteiger partial charge in [0.1, 0.15) is 6.54 Å². The number of hydrogen-bond acceptors (Lipinski definition) is 4. The van der Waals surface area contributed by atoms with E-state index >= 15 is 0 Å². The molecule has 31 heavy (non-hydrogen) atoms. The fraction of sp³-hybridized carbons (Fsp3) is 0.375. The number of nitrogens with zero attached hydrogens (tertiary/aromatic N) is 3. The summed E-state index contributed by atoms with van der Waals surface area (Å²) in [5, 5.41) is 3.39. The van der Waals surface area contributed by atoms with Gasteiger partial charge in [-0.1, -0.05) is 43.3 Å². The first-order valence-electron chi connectivity index (χ1n) is 10.6. The van der Waals surface area contributed by atoms with Gasteiger partial charge in [-0.25, -0.2) is 4.79 Å². The van der Waals surface area contributed by atoms with Crippen LogP contribution >= 0.6 is 0 Å². The Morgan fingerprint density at radius 3 is 2.29 bits per heavy atom. The van der Waals surface area contributed by atoms with Gasteiger partial charge in [0.15, 0.2) is 0 Å². The van der Waals surface area contributed by atoms with Crippen molar-refractivity contribution in [1.29, 1.82) is 0 Å². The molecule has 0 aliphatic carbocycles. The quantitative estimate of drug-likeness (QED) is 0.604. The molecule has 1 aromatic heterocycles. The standard InChI is InChI=1S/C24H30N4O3/c1-5-17-11-13-18(14-12-17)21(26(3)4)15-25-22(29)16-28-20-10-8-7-9-19(20)23(30)27(6-2)24(28)31/h7-14,21H,5-6,15-16H2,1-4H3,(H,25,29). The Bertz CT molecular complexity index is 1180. The fourth-order valence-corrected chi connectivity index (χ4v) is 3.79. The number of hydrogen-bond donors (Lipinski definition) is 1. The first-order chi connectivity index (χ1) is 14.9. The van der Waals surface area contributed by atoms with Crippen LogP contribution in [0.5, 0.6) is 0 Å². The van der Waals surface area contributed by atoms with Crippen molar-refractivity contribution in [1.82, 2.24) is 19.4 Å². The molecule has 1 heterocycles. The van der Waals surface area contributed by atoms with E-state index in [0.717, 1.165) is 16.6 Å². The van der Waals surface area contributed by atoms with Crippen LogP contribution in [0.3, 0.4) is 0 Å². The number of likely N-dealkylation sites (N-methyl/N-ethyl adjacent to an activating group) is 1. The number of benzene rings is 2. The first kappa shape index (κ1) is 22.5. The van der Waals surface area contributed by atoms with Crippen LogP contribution in [0.4, 0.5) is 0 Å². The number of amides is 1. The van der Waals surface area contributed by atoms with Gasteiger partial charge < -0.3 is 10.2 Å². The molecular weight excluding hydrogens is 392 g/mol. The minimum Gasteiger partial charge on any atom is -0.353 e. The lowest BCUT2D eigenvalue weighted by molar-refractivity contribution is -0.121. The van der Waals surface area contributed by atoms with Crippen molar-refractivity contribution in [2.75, 3.05) is 20.6 Å². The van der Waals surface area contributed by atoms with Crippen molar-refractivity contribution in [3.05, 3.63) is 80.5 Å². The Morgan fingerprint density at radius 2 is 1.68 bits per heavy atom. The fourth-order valence-electron chi connectivity index (χ4n) is 3.79. The summed E-state index contributed by atoms with van der Waals surface area (Å²) in [5.74, 6) is -0.273. The molecule has 0 aliphatic rings. The largest absolute Gasteiger partial charge is 0.353 e. The molecule has 7 nitrogen and oxygen atoms in total. The number of aryl methyl sites for hydroxylation is 1. The maximum Gasteiger partial charge on any atom is 0.331 e. The molecule has 0 fully saturated rings. The summed E-state index contributed by atoms with van der Waals surface area (Å²) in [6.07, 6.45) is 0.978. The second-order valence-electron chi connectivity index (χ2n) is 7.81. The highest BCUT2D eigenvalue weighted by atomic mass is 16.2. The number of aromatic nitrogens is 2. The molecule has 0 aliphatic heterocycles. The van der Waals surface area contributed by atoms with Gasteiger partial charge in [-0.15, -0.1) is 0 Å². The first-order valence-corrected chi connectivity index (χ1v) is 10.6. The topological polar surface area (TPSA) is 76.3 Å². The van der Waals surface area contributed by atoms with Gasteiger partial charge in [0.05, 0.1) is 16.9 Å². The molecule has 3 rings (SSSR count). The highest BCUT2D eigenvalue weighted by molar-refractivity contribution is 5.81. The van der Waals surface area contributed by atoms with Gasteiger partial charge in [-0.2, -0.15) is 0 Å². The Kier molecular flexibility index (Phi) is 7.07. The van der Waals surface area contributed by atoms with E-state index in [0.29, 0.717) is 17.4 Å². The van der Waals surface area contributed by atoms with Crippen molar-refractivity contribution < 1.29 is 4.79 Å². The summed E-state index contributed by atoms with van der Waals surface area (Å²) in [4.78, 5) is 40.2. The molecule has 1 unspecified atom stereocenters. The van der Waals surface area contributed by atoms with Crippen molar-refractivity contribution in [3.8, 4) is 0 Å². The summed E-state index contributed by atoms with van der Waals surface area (Å²) < 4.78 is 2.53. The van der Waals surface area contributed by atoms with Gasteiger partial charge in [-0.05, 0) is 50.7 Å². The molecule has 0 spiro atoms. The summed E-state index contributed by atoms with van der Waals surface area (Å²) in [7, 11) is 3.94. The number of fused-ring (bicyclic) bond motifs is 1. The zero-order valence-corrected chi connectivity index (χ0v) is 18.6. The van der Waals surface area contributed by atoms with Crippen LogP contribution in [0, 0.1) is 0 Å². The third kappa shape index (κ3) is 4.77. The van der Waals surface area contributed by atoms with Crippen LogP contribution < -0.4 is 16.6 Å².